The monoisotopic (exact) mass is 321 g/mol. The number of hydrogen-bond acceptors (Lipinski definition) is 3. The first-order valence-corrected chi connectivity index (χ1v) is 6.89. The molecule has 0 radical (unpaired) electrons. The van der Waals surface area contributed by atoms with E-state index in [0.29, 0.717) is 5.82 Å². The van der Waals surface area contributed by atoms with Crippen LogP contribution < -0.4 is 10.9 Å². The second kappa shape index (κ2) is 6.02. The lowest BCUT2D eigenvalue weighted by atomic mass is 10.1. The molecule has 0 fully saturated rings. The zero-order chi connectivity index (χ0) is 13.8. The van der Waals surface area contributed by atoms with E-state index in [1.807, 2.05) is 25.1 Å². The number of aromatic nitrogens is 2. The van der Waals surface area contributed by atoms with Gasteiger partial charge in [-0.1, -0.05) is 34.1 Å². The fraction of sp³-hybridized carbons (Fsp3) is 0.286. The Balaban J connectivity index is 2.10. The zero-order valence-corrected chi connectivity index (χ0v) is 12.5. The third-order valence-electron chi connectivity index (χ3n) is 2.88. The van der Waals surface area contributed by atoms with Gasteiger partial charge in [0.15, 0.2) is 5.82 Å². The first-order valence-electron chi connectivity index (χ1n) is 6.09. The van der Waals surface area contributed by atoms with E-state index in [1.165, 1.54) is 10.1 Å². The summed E-state index contributed by atoms with van der Waals surface area (Å²) in [6, 6.07) is 8.20. The van der Waals surface area contributed by atoms with Crippen molar-refractivity contribution in [2.75, 3.05) is 5.32 Å². The molecule has 0 aliphatic carbocycles. The minimum absolute atomic E-state index is 0.110. The number of aryl methyl sites for hydroxylation is 1. The minimum atomic E-state index is -0.110. The smallest absolute Gasteiger partial charge is 0.293 e. The predicted molar refractivity (Wildman–Crippen MR) is 80.4 cm³/mol. The Labute approximate surface area is 120 Å². The molecule has 2 rings (SSSR count). The first-order chi connectivity index (χ1) is 9.08. The van der Waals surface area contributed by atoms with Crippen LogP contribution in [0.15, 0.2) is 45.9 Å². The average Bonchev–Trinajstić information content (AvgIpc) is 2.38. The maximum atomic E-state index is 11.9. The van der Waals surface area contributed by atoms with Gasteiger partial charge in [0.1, 0.15) is 0 Å². The third kappa shape index (κ3) is 3.44. The van der Waals surface area contributed by atoms with Crippen LogP contribution in [0.2, 0.25) is 0 Å². The fourth-order valence-electron chi connectivity index (χ4n) is 1.88. The summed E-state index contributed by atoms with van der Waals surface area (Å²) in [5, 5.41) is 3.16. The summed E-state index contributed by atoms with van der Waals surface area (Å²) in [6.45, 7) is 2.04. The highest BCUT2D eigenvalue weighted by Gasteiger charge is 2.09. The molecule has 5 heteroatoms. The highest BCUT2D eigenvalue weighted by molar-refractivity contribution is 9.10. The minimum Gasteiger partial charge on any atom is -0.363 e. The van der Waals surface area contributed by atoms with E-state index in [0.717, 1.165) is 10.9 Å². The Morgan fingerprint density at radius 3 is 2.89 bits per heavy atom. The first kappa shape index (κ1) is 13.8. The molecule has 1 aromatic carbocycles. The Morgan fingerprint density at radius 1 is 1.42 bits per heavy atom. The summed E-state index contributed by atoms with van der Waals surface area (Å²) >= 11 is 3.53. The number of nitrogens with one attached hydrogen (secondary N) is 1. The molecule has 0 bridgehead atoms. The summed E-state index contributed by atoms with van der Waals surface area (Å²) in [4.78, 5) is 15.9. The van der Waals surface area contributed by atoms with Gasteiger partial charge >= 0.3 is 0 Å². The molecule has 0 saturated heterocycles. The average molecular weight is 322 g/mol. The molecule has 1 aromatic heterocycles. The highest BCUT2D eigenvalue weighted by Crippen LogP contribution is 2.18. The van der Waals surface area contributed by atoms with E-state index < -0.39 is 0 Å². The highest BCUT2D eigenvalue weighted by atomic mass is 79.9. The molecule has 0 amide bonds. The molecule has 0 unspecified atom stereocenters. The van der Waals surface area contributed by atoms with Gasteiger partial charge in [0.25, 0.3) is 5.56 Å². The molecule has 1 heterocycles. The van der Waals surface area contributed by atoms with Gasteiger partial charge in [0, 0.05) is 30.0 Å². The number of hydrogen-bond donors (Lipinski definition) is 1. The number of halogens is 1. The molecule has 100 valence electrons. The normalized spacial score (nSPS) is 12.2. The molecular formula is C14H16BrN3O. The van der Waals surface area contributed by atoms with Crippen molar-refractivity contribution < 1.29 is 0 Å². The number of nitrogens with zero attached hydrogens (tertiary/aromatic N) is 2. The second-order valence-corrected chi connectivity index (χ2v) is 5.39. The van der Waals surface area contributed by atoms with Gasteiger partial charge in [-0.25, -0.2) is 4.98 Å². The Bertz CT molecular complexity index is 624. The maximum Gasteiger partial charge on any atom is 0.293 e. The van der Waals surface area contributed by atoms with Crippen molar-refractivity contribution in [3.8, 4) is 0 Å². The molecule has 4 nitrogen and oxygen atoms in total. The fourth-order valence-corrected chi connectivity index (χ4v) is 2.32. The summed E-state index contributed by atoms with van der Waals surface area (Å²) in [6.07, 6.45) is 4.09. The quantitative estimate of drug-likeness (QED) is 0.941. The number of benzene rings is 1. The standard InChI is InChI=1S/C14H16BrN3O/c1-10(9-11-5-3-4-6-12(11)15)17-13-14(19)18(2)8-7-16-13/h3-8,10H,9H2,1-2H3,(H,16,17)/t10-/m0/s1. The topological polar surface area (TPSA) is 46.9 Å². The van der Waals surface area contributed by atoms with E-state index in [2.05, 4.69) is 32.3 Å². The summed E-state index contributed by atoms with van der Waals surface area (Å²) in [7, 11) is 1.72. The van der Waals surface area contributed by atoms with Crippen LogP contribution in [-0.2, 0) is 13.5 Å². The molecule has 19 heavy (non-hydrogen) atoms. The third-order valence-corrected chi connectivity index (χ3v) is 3.66. The molecule has 0 aliphatic heterocycles. The maximum absolute atomic E-state index is 11.9. The lowest BCUT2D eigenvalue weighted by Crippen LogP contribution is -2.27. The molecular weight excluding hydrogens is 306 g/mol. The molecule has 0 saturated carbocycles. The molecule has 0 aliphatic rings. The second-order valence-electron chi connectivity index (χ2n) is 4.53. The van der Waals surface area contributed by atoms with Crippen molar-refractivity contribution in [2.45, 2.75) is 19.4 Å². The number of rotatable bonds is 4. The van der Waals surface area contributed by atoms with E-state index in [4.69, 9.17) is 0 Å². The van der Waals surface area contributed by atoms with Crippen LogP contribution in [0.1, 0.15) is 12.5 Å². The van der Waals surface area contributed by atoms with Crippen LogP contribution in [0.5, 0.6) is 0 Å². The van der Waals surface area contributed by atoms with Gasteiger partial charge < -0.3 is 9.88 Å². The van der Waals surface area contributed by atoms with Crippen LogP contribution in [-0.4, -0.2) is 15.6 Å². The molecule has 0 spiro atoms. The van der Waals surface area contributed by atoms with E-state index >= 15 is 0 Å². The SMILES string of the molecule is C[C@@H](Cc1ccccc1Br)Nc1nccn(C)c1=O. The van der Waals surface area contributed by atoms with Gasteiger partial charge in [-0.2, -0.15) is 0 Å². The van der Waals surface area contributed by atoms with E-state index in [9.17, 15) is 4.79 Å². The van der Waals surface area contributed by atoms with Gasteiger partial charge in [0.05, 0.1) is 0 Å². The van der Waals surface area contributed by atoms with Gasteiger partial charge in [0.2, 0.25) is 0 Å². The van der Waals surface area contributed by atoms with Gasteiger partial charge in [-0.15, -0.1) is 0 Å². The molecule has 2 aromatic rings. The van der Waals surface area contributed by atoms with E-state index in [-0.39, 0.29) is 11.6 Å². The van der Waals surface area contributed by atoms with Crippen LogP contribution in [0, 0.1) is 0 Å². The lowest BCUT2D eigenvalue weighted by Gasteiger charge is -2.15. The van der Waals surface area contributed by atoms with Crippen LogP contribution in [0.3, 0.4) is 0 Å². The molecule has 1 atom stereocenters. The van der Waals surface area contributed by atoms with Crippen molar-refractivity contribution in [3.63, 3.8) is 0 Å². The van der Waals surface area contributed by atoms with Crippen LogP contribution >= 0.6 is 15.9 Å². The van der Waals surface area contributed by atoms with Crippen molar-refractivity contribution in [3.05, 3.63) is 57.0 Å². The van der Waals surface area contributed by atoms with Crippen LogP contribution in [0.25, 0.3) is 0 Å². The molecule has 1 N–H and O–H groups in total. The summed E-state index contributed by atoms with van der Waals surface area (Å²) in [5.41, 5.74) is 1.09. The van der Waals surface area contributed by atoms with Crippen LogP contribution in [0.4, 0.5) is 5.82 Å². The van der Waals surface area contributed by atoms with Crippen molar-refractivity contribution in [1.82, 2.24) is 9.55 Å². The van der Waals surface area contributed by atoms with Crippen molar-refractivity contribution in [2.24, 2.45) is 7.05 Å². The van der Waals surface area contributed by atoms with Gasteiger partial charge in [-0.05, 0) is 25.0 Å². The predicted octanol–water partition coefficient (Wildman–Crippen LogP) is 2.59. The largest absolute Gasteiger partial charge is 0.363 e. The summed E-state index contributed by atoms with van der Waals surface area (Å²) < 4.78 is 2.60. The van der Waals surface area contributed by atoms with Crippen molar-refractivity contribution >= 4 is 21.7 Å². The lowest BCUT2D eigenvalue weighted by molar-refractivity contribution is 0.765. The summed E-state index contributed by atoms with van der Waals surface area (Å²) in [5.74, 6) is 0.393. The van der Waals surface area contributed by atoms with Crippen molar-refractivity contribution in [1.29, 1.82) is 0 Å². The Hall–Kier alpha value is -1.62. The Morgan fingerprint density at radius 2 is 2.16 bits per heavy atom. The zero-order valence-electron chi connectivity index (χ0n) is 10.9. The van der Waals surface area contributed by atoms with Gasteiger partial charge in [-0.3, -0.25) is 4.79 Å². The van der Waals surface area contributed by atoms with E-state index in [1.54, 1.807) is 19.4 Å². The number of anilines is 1. The Kier molecular flexibility index (Phi) is 4.37.